The smallest absolute Gasteiger partial charge is 0.165 e. The molecule has 5 nitrogen and oxygen atoms in total. The Morgan fingerprint density at radius 2 is 2.07 bits per heavy atom. The first-order chi connectivity index (χ1) is 13.4. The second kappa shape index (κ2) is 5.65. The van der Waals surface area contributed by atoms with E-state index in [9.17, 15) is 10.2 Å². The topological polar surface area (TPSA) is 65.0 Å². The SMILES string of the molecule is CC(C)N[C@@H]1CC[C@@]2(O)[C@@H]3Cc4ccc(O)c5c4[C@@]2(CCN3CC2CC2)[C@H]1O5. The fourth-order valence-corrected chi connectivity index (χ4v) is 7.08. The quantitative estimate of drug-likeness (QED) is 0.744. The lowest BCUT2D eigenvalue weighted by molar-refractivity contribution is -0.192. The maximum absolute atomic E-state index is 12.3. The Bertz CT molecular complexity index is 822. The van der Waals surface area contributed by atoms with Gasteiger partial charge in [0.15, 0.2) is 11.5 Å². The molecule has 3 aliphatic carbocycles. The zero-order chi connectivity index (χ0) is 19.3. The van der Waals surface area contributed by atoms with Gasteiger partial charge in [0.25, 0.3) is 0 Å². The number of nitrogens with zero attached hydrogens (tertiary/aromatic N) is 1. The molecule has 3 N–H and O–H groups in total. The molecule has 2 aliphatic heterocycles. The molecule has 2 saturated carbocycles. The van der Waals surface area contributed by atoms with E-state index in [-0.39, 0.29) is 23.9 Å². The summed E-state index contributed by atoms with van der Waals surface area (Å²) in [6.45, 7) is 6.49. The highest BCUT2D eigenvalue weighted by atomic mass is 16.5. The van der Waals surface area contributed by atoms with Crippen LogP contribution in [0, 0.1) is 5.92 Å². The zero-order valence-electron chi connectivity index (χ0n) is 16.9. The highest BCUT2D eigenvalue weighted by Gasteiger charge is 2.72. The lowest BCUT2D eigenvalue weighted by Gasteiger charge is -2.64. The van der Waals surface area contributed by atoms with Crippen molar-refractivity contribution < 1.29 is 14.9 Å². The van der Waals surface area contributed by atoms with Crippen LogP contribution in [-0.4, -0.2) is 58.0 Å². The summed E-state index contributed by atoms with van der Waals surface area (Å²) in [4.78, 5) is 2.59. The molecule has 2 bridgehead atoms. The third kappa shape index (κ3) is 2.08. The number of phenols is 1. The first-order valence-electron chi connectivity index (χ1n) is 11.2. The Labute approximate surface area is 167 Å². The molecule has 0 aromatic heterocycles. The molecule has 2 heterocycles. The molecule has 1 aromatic rings. The fourth-order valence-electron chi connectivity index (χ4n) is 7.08. The molecule has 5 heteroatoms. The monoisotopic (exact) mass is 384 g/mol. The number of aromatic hydroxyl groups is 1. The van der Waals surface area contributed by atoms with Crippen molar-refractivity contribution in [3.63, 3.8) is 0 Å². The number of piperidine rings is 1. The van der Waals surface area contributed by atoms with Crippen molar-refractivity contribution in [3.8, 4) is 11.5 Å². The van der Waals surface area contributed by atoms with Gasteiger partial charge in [0.1, 0.15) is 6.10 Å². The molecule has 6 rings (SSSR count). The number of rotatable bonds is 4. The lowest BCUT2D eigenvalue weighted by Crippen LogP contribution is -2.78. The number of likely N-dealkylation sites (tertiary alicyclic amines) is 1. The maximum atomic E-state index is 12.3. The Hall–Kier alpha value is -1.30. The second-order valence-corrected chi connectivity index (χ2v) is 10.3. The van der Waals surface area contributed by atoms with Crippen LogP contribution in [0.1, 0.15) is 57.1 Å². The van der Waals surface area contributed by atoms with Crippen LogP contribution in [0.25, 0.3) is 0 Å². The van der Waals surface area contributed by atoms with Gasteiger partial charge in [-0.15, -0.1) is 0 Å². The van der Waals surface area contributed by atoms with E-state index >= 15 is 0 Å². The minimum absolute atomic E-state index is 0.110. The van der Waals surface area contributed by atoms with E-state index in [0.29, 0.717) is 11.8 Å². The van der Waals surface area contributed by atoms with Gasteiger partial charge >= 0.3 is 0 Å². The van der Waals surface area contributed by atoms with Crippen molar-refractivity contribution >= 4 is 0 Å². The molecule has 152 valence electrons. The van der Waals surface area contributed by atoms with Crippen LogP contribution in [0.2, 0.25) is 0 Å². The van der Waals surface area contributed by atoms with Crippen LogP contribution in [0.5, 0.6) is 11.5 Å². The number of hydrogen-bond donors (Lipinski definition) is 3. The lowest BCUT2D eigenvalue weighted by atomic mass is 9.48. The molecule has 1 saturated heterocycles. The highest BCUT2D eigenvalue weighted by Crippen LogP contribution is 2.65. The average Bonchev–Trinajstić information content (AvgIpc) is 3.38. The second-order valence-electron chi connectivity index (χ2n) is 10.3. The summed E-state index contributed by atoms with van der Waals surface area (Å²) >= 11 is 0. The van der Waals surface area contributed by atoms with E-state index in [2.05, 4.69) is 30.1 Å². The van der Waals surface area contributed by atoms with E-state index < -0.39 is 11.0 Å². The summed E-state index contributed by atoms with van der Waals surface area (Å²) in [5.41, 5.74) is 1.23. The first-order valence-corrected chi connectivity index (χ1v) is 11.2. The Morgan fingerprint density at radius 3 is 2.82 bits per heavy atom. The number of hydrogen-bond acceptors (Lipinski definition) is 5. The van der Waals surface area contributed by atoms with Gasteiger partial charge < -0.3 is 20.3 Å². The molecule has 0 amide bonds. The third-order valence-electron chi connectivity index (χ3n) is 8.31. The molecule has 5 aliphatic rings. The van der Waals surface area contributed by atoms with Gasteiger partial charge in [-0.2, -0.15) is 0 Å². The van der Waals surface area contributed by atoms with Crippen LogP contribution in [0.4, 0.5) is 0 Å². The molecule has 28 heavy (non-hydrogen) atoms. The Morgan fingerprint density at radius 1 is 1.25 bits per heavy atom. The highest BCUT2D eigenvalue weighted by molar-refractivity contribution is 5.62. The molecule has 3 fully saturated rings. The van der Waals surface area contributed by atoms with Crippen LogP contribution in [-0.2, 0) is 11.8 Å². The van der Waals surface area contributed by atoms with Crippen molar-refractivity contribution in [1.29, 1.82) is 0 Å². The van der Waals surface area contributed by atoms with Gasteiger partial charge in [-0.1, -0.05) is 19.9 Å². The van der Waals surface area contributed by atoms with Crippen molar-refractivity contribution in [3.05, 3.63) is 23.3 Å². The van der Waals surface area contributed by atoms with Crippen molar-refractivity contribution in [2.45, 2.75) is 87.6 Å². The summed E-state index contributed by atoms with van der Waals surface area (Å²) in [5, 5.41) is 26.6. The minimum atomic E-state index is -0.772. The molecular formula is C23H32N2O3. The van der Waals surface area contributed by atoms with Crippen molar-refractivity contribution in [2.75, 3.05) is 13.1 Å². The summed E-state index contributed by atoms with van der Waals surface area (Å²) in [6.07, 6.45) is 6.07. The van der Waals surface area contributed by atoms with Gasteiger partial charge in [-0.25, -0.2) is 0 Å². The van der Waals surface area contributed by atoms with Crippen LogP contribution in [0.15, 0.2) is 12.1 Å². The molecule has 1 spiro atoms. The molecule has 0 unspecified atom stereocenters. The number of nitrogens with one attached hydrogen (secondary N) is 1. The normalized spacial score (nSPS) is 41.1. The summed E-state index contributed by atoms with van der Waals surface area (Å²) in [5.74, 6) is 1.70. The maximum Gasteiger partial charge on any atom is 0.165 e. The number of phenolic OH excluding ortho intramolecular Hbond substituents is 1. The zero-order valence-corrected chi connectivity index (χ0v) is 16.9. The van der Waals surface area contributed by atoms with E-state index in [1.165, 1.54) is 18.4 Å². The Kier molecular flexibility index (Phi) is 3.54. The van der Waals surface area contributed by atoms with E-state index in [4.69, 9.17) is 4.74 Å². The van der Waals surface area contributed by atoms with Gasteiger partial charge in [0.2, 0.25) is 0 Å². The summed E-state index contributed by atoms with van der Waals surface area (Å²) in [6, 6.07) is 4.60. The molecule has 5 atom stereocenters. The fraction of sp³-hybridized carbons (Fsp3) is 0.739. The van der Waals surface area contributed by atoms with Crippen LogP contribution in [0.3, 0.4) is 0 Å². The summed E-state index contributed by atoms with van der Waals surface area (Å²) < 4.78 is 6.53. The van der Waals surface area contributed by atoms with Gasteiger partial charge in [0, 0.05) is 30.2 Å². The standard InChI is InChI=1S/C23H32N2O3/c1-13(2)24-16-7-8-23(27)18-11-15-5-6-17(26)20-19(15)22(23,21(16)28-20)9-10-25(18)12-14-3-4-14/h5-6,13-14,16,18,21,24,26-27H,3-4,7-12H2,1-2H3/t16-,18+,21+,22+,23-/m1/s1. The van der Waals surface area contributed by atoms with Crippen molar-refractivity contribution in [2.24, 2.45) is 5.92 Å². The van der Waals surface area contributed by atoms with Crippen LogP contribution >= 0.6 is 0 Å². The van der Waals surface area contributed by atoms with Gasteiger partial charge in [-0.05, 0) is 62.6 Å². The van der Waals surface area contributed by atoms with E-state index in [1.807, 2.05) is 0 Å². The van der Waals surface area contributed by atoms with Gasteiger partial charge in [0.05, 0.1) is 11.0 Å². The van der Waals surface area contributed by atoms with E-state index in [0.717, 1.165) is 50.3 Å². The first kappa shape index (κ1) is 17.5. The molecule has 1 aromatic carbocycles. The number of benzene rings is 1. The Balaban J connectivity index is 1.51. The molecule has 0 radical (unpaired) electrons. The van der Waals surface area contributed by atoms with Crippen LogP contribution < -0.4 is 10.1 Å². The number of aliphatic hydroxyl groups is 1. The van der Waals surface area contributed by atoms with Crippen molar-refractivity contribution in [1.82, 2.24) is 10.2 Å². The average molecular weight is 385 g/mol. The third-order valence-corrected chi connectivity index (χ3v) is 8.31. The summed E-state index contributed by atoms with van der Waals surface area (Å²) in [7, 11) is 0. The minimum Gasteiger partial charge on any atom is -0.504 e. The predicted molar refractivity (Wildman–Crippen MR) is 107 cm³/mol. The largest absolute Gasteiger partial charge is 0.504 e. The van der Waals surface area contributed by atoms with Gasteiger partial charge in [-0.3, -0.25) is 4.90 Å². The number of ether oxygens (including phenoxy) is 1. The van der Waals surface area contributed by atoms with E-state index in [1.54, 1.807) is 6.07 Å². The molecular weight excluding hydrogens is 352 g/mol. The predicted octanol–water partition coefficient (Wildman–Crippen LogP) is 2.32.